The first-order valence-electron chi connectivity index (χ1n) is 21.3. The van der Waals surface area contributed by atoms with Crippen molar-refractivity contribution in [3.8, 4) is 39.1 Å². The molecule has 0 unspecified atom stereocenters. The van der Waals surface area contributed by atoms with Gasteiger partial charge in [0.25, 0.3) is 0 Å². The molecule has 0 saturated carbocycles. The molecular weight excluding hydrogens is 749 g/mol. The molecule has 0 spiro atoms. The topological polar surface area (TPSA) is 8.17 Å². The van der Waals surface area contributed by atoms with Crippen LogP contribution in [0, 0.1) is 0 Å². The fraction of sp³-hybridized carbons (Fsp3) is 0. The largest absolute Gasteiger partial charge is 0.310 e. The van der Waals surface area contributed by atoms with Crippen LogP contribution in [0.25, 0.3) is 93.2 Å². The summed E-state index contributed by atoms with van der Waals surface area (Å²) in [6.07, 6.45) is 0. The Morgan fingerprint density at radius 1 is 0.274 bits per heavy atom. The molecule has 1 aromatic heterocycles. The van der Waals surface area contributed by atoms with E-state index in [0.29, 0.717) is 0 Å². The average molecular weight is 789 g/mol. The first-order valence-corrected chi connectivity index (χ1v) is 21.3. The van der Waals surface area contributed by atoms with E-state index in [4.69, 9.17) is 0 Å². The Bertz CT molecular complexity index is 3590. The predicted molar refractivity (Wildman–Crippen MR) is 264 cm³/mol. The predicted octanol–water partition coefficient (Wildman–Crippen LogP) is 16.7. The zero-order valence-electron chi connectivity index (χ0n) is 34.0. The smallest absolute Gasteiger partial charge is 0.0541 e. The molecule has 2 nitrogen and oxygen atoms in total. The minimum atomic E-state index is 1.09. The van der Waals surface area contributed by atoms with Gasteiger partial charge in [-0.15, -0.1) is 0 Å². The maximum Gasteiger partial charge on any atom is 0.0541 e. The molecule has 0 aliphatic heterocycles. The standard InChI is InChI=1S/C60H40N2/c1-2-16-44-38-47(31-30-41(44)14-1)53-36-37-60(55-24-6-5-23-54(53)55)61(49-20-12-19-46(40-49)52-27-13-17-43-15-3-4-22-51(43)52)48-34-32-42(33-35-48)45-18-11-21-50(39-45)62-58-28-9-7-25-56(58)57-26-8-10-29-59(57)62/h1-40H. The van der Waals surface area contributed by atoms with Gasteiger partial charge in [0.1, 0.15) is 0 Å². The van der Waals surface area contributed by atoms with Gasteiger partial charge in [-0.3, -0.25) is 0 Å². The zero-order chi connectivity index (χ0) is 41.0. The van der Waals surface area contributed by atoms with E-state index in [1.54, 1.807) is 0 Å². The van der Waals surface area contributed by atoms with Gasteiger partial charge in [0.15, 0.2) is 0 Å². The van der Waals surface area contributed by atoms with E-state index in [0.717, 1.165) is 28.3 Å². The van der Waals surface area contributed by atoms with E-state index in [1.807, 2.05) is 0 Å². The lowest BCUT2D eigenvalue weighted by Gasteiger charge is -2.28. The highest BCUT2D eigenvalue weighted by atomic mass is 15.1. The van der Waals surface area contributed by atoms with Crippen molar-refractivity contribution < 1.29 is 0 Å². The third-order valence-corrected chi connectivity index (χ3v) is 12.6. The maximum absolute atomic E-state index is 2.43. The fourth-order valence-corrected chi connectivity index (χ4v) is 9.63. The lowest BCUT2D eigenvalue weighted by atomic mass is 9.94. The monoisotopic (exact) mass is 788 g/mol. The first kappa shape index (κ1) is 35.7. The summed E-state index contributed by atoms with van der Waals surface area (Å²) < 4.78 is 2.39. The van der Waals surface area contributed by atoms with Gasteiger partial charge in [0.2, 0.25) is 0 Å². The first-order chi connectivity index (χ1) is 30.7. The van der Waals surface area contributed by atoms with Crippen LogP contribution >= 0.6 is 0 Å². The lowest BCUT2D eigenvalue weighted by Crippen LogP contribution is -2.11. The van der Waals surface area contributed by atoms with Gasteiger partial charge in [-0.05, 0) is 121 Å². The number of hydrogen-bond donors (Lipinski definition) is 0. The van der Waals surface area contributed by atoms with E-state index in [2.05, 4.69) is 252 Å². The van der Waals surface area contributed by atoms with Crippen molar-refractivity contribution in [2.24, 2.45) is 0 Å². The molecule has 12 aromatic rings. The van der Waals surface area contributed by atoms with Gasteiger partial charge in [0.05, 0.1) is 16.7 Å². The van der Waals surface area contributed by atoms with Crippen LogP contribution in [-0.2, 0) is 0 Å². The summed E-state index contributed by atoms with van der Waals surface area (Å²) in [5.74, 6) is 0. The Morgan fingerprint density at radius 3 is 1.63 bits per heavy atom. The Labute approximate surface area is 360 Å². The molecule has 0 atom stereocenters. The molecular formula is C60H40N2. The molecule has 0 aliphatic carbocycles. The van der Waals surface area contributed by atoms with Crippen LogP contribution in [0.15, 0.2) is 243 Å². The number of aromatic nitrogens is 1. The highest BCUT2D eigenvalue weighted by Crippen LogP contribution is 2.44. The highest BCUT2D eigenvalue weighted by molar-refractivity contribution is 6.10. The van der Waals surface area contributed by atoms with Crippen LogP contribution in [0.3, 0.4) is 0 Å². The lowest BCUT2D eigenvalue weighted by molar-refractivity contribution is 1.18. The number of hydrogen-bond acceptors (Lipinski definition) is 1. The number of para-hydroxylation sites is 2. The van der Waals surface area contributed by atoms with Gasteiger partial charge in [-0.25, -0.2) is 0 Å². The van der Waals surface area contributed by atoms with Crippen molar-refractivity contribution in [3.63, 3.8) is 0 Å². The molecule has 0 radical (unpaired) electrons. The molecule has 0 fully saturated rings. The minimum Gasteiger partial charge on any atom is -0.310 e. The van der Waals surface area contributed by atoms with Crippen LogP contribution in [-0.4, -0.2) is 4.57 Å². The summed E-state index contributed by atoms with van der Waals surface area (Å²) in [6, 6.07) is 88.6. The van der Waals surface area contributed by atoms with E-state index < -0.39 is 0 Å². The SMILES string of the molecule is c1cc(-c2cccc3ccccc23)cc(N(c2ccc(-c3cccc(-n4c5ccccc5c5ccccc54)c3)cc2)c2ccc(-c3ccc4ccccc4c3)c3ccccc23)c1. The van der Waals surface area contributed by atoms with Gasteiger partial charge in [-0.2, -0.15) is 0 Å². The number of rotatable bonds is 7. The second-order valence-electron chi connectivity index (χ2n) is 16.1. The van der Waals surface area contributed by atoms with E-state index in [1.165, 1.54) is 81.9 Å². The van der Waals surface area contributed by atoms with Crippen molar-refractivity contribution in [1.82, 2.24) is 4.57 Å². The van der Waals surface area contributed by atoms with Gasteiger partial charge in [-0.1, -0.05) is 182 Å². The Morgan fingerprint density at radius 2 is 0.839 bits per heavy atom. The summed E-state index contributed by atoms with van der Waals surface area (Å²) in [5, 5.41) is 9.91. The summed E-state index contributed by atoms with van der Waals surface area (Å²) >= 11 is 0. The van der Waals surface area contributed by atoms with Crippen LogP contribution in [0.2, 0.25) is 0 Å². The molecule has 0 N–H and O–H groups in total. The highest BCUT2D eigenvalue weighted by Gasteiger charge is 2.19. The molecule has 0 saturated heterocycles. The van der Waals surface area contributed by atoms with E-state index in [9.17, 15) is 0 Å². The maximum atomic E-state index is 2.43. The molecule has 290 valence electrons. The zero-order valence-corrected chi connectivity index (χ0v) is 34.0. The van der Waals surface area contributed by atoms with Crippen LogP contribution in [0.5, 0.6) is 0 Å². The third-order valence-electron chi connectivity index (χ3n) is 12.6. The van der Waals surface area contributed by atoms with Gasteiger partial charge in [0, 0.05) is 33.2 Å². The van der Waals surface area contributed by atoms with Crippen LogP contribution in [0.1, 0.15) is 0 Å². The van der Waals surface area contributed by atoms with Crippen molar-refractivity contribution in [2.45, 2.75) is 0 Å². The summed E-state index contributed by atoms with van der Waals surface area (Å²) in [6.45, 7) is 0. The molecule has 0 amide bonds. The molecule has 1 heterocycles. The van der Waals surface area contributed by atoms with Gasteiger partial charge < -0.3 is 9.47 Å². The second-order valence-corrected chi connectivity index (χ2v) is 16.1. The van der Waals surface area contributed by atoms with Gasteiger partial charge >= 0.3 is 0 Å². The Kier molecular flexibility index (Phi) is 8.53. The van der Waals surface area contributed by atoms with Crippen LogP contribution in [0.4, 0.5) is 17.1 Å². The molecule has 11 aromatic carbocycles. The molecule has 0 bridgehead atoms. The number of benzene rings is 11. The number of anilines is 3. The summed E-state index contributed by atoms with van der Waals surface area (Å²) in [5.41, 5.74) is 14.0. The average Bonchev–Trinajstić information content (AvgIpc) is 3.68. The molecule has 62 heavy (non-hydrogen) atoms. The summed E-state index contributed by atoms with van der Waals surface area (Å²) in [7, 11) is 0. The van der Waals surface area contributed by atoms with Crippen molar-refractivity contribution in [2.75, 3.05) is 4.90 Å². The Hall–Kier alpha value is -8.20. The Balaban J connectivity index is 1.00. The third kappa shape index (κ3) is 6.04. The number of nitrogens with zero attached hydrogens (tertiary/aromatic N) is 2. The quantitative estimate of drug-likeness (QED) is 0.156. The van der Waals surface area contributed by atoms with Crippen molar-refractivity contribution in [3.05, 3.63) is 243 Å². The fourth-order valence-electron chi connectivity index (χ4n) is 9.63. The van der Waals surface area contributed by atoms with Crippen LogP contribution < -0.4 is 4.90 Å². The molecule has 2 heteroatoms. The minimum absolute atomic E-state index is 1.09. The molecule has 0 aliphatic rings. The van der Waals surface area contributed by atoms with E-state index in [-0.39, 0.29) is 0 Å². The van der Waals surface area contributed by atoms with Crippen molar-refractivity contribution in [1.29, 1.82) is 0 Å². The summed E-state index contributed by atoms with van der Waals surface area (Å²) in [4.78, 5) is 2.43. The van der Waals surface area contributed by atoms with E-state index >= 15 is 0 Å². The normalized spacial score (nSPS) is 11.5. The van der Waals surface area contributed by atoms with Crippen molar-refractivity contribution >= 4 is 71.2 Å². The molecule has 12 rings (SSSR count). The second kappa shape index (κ2) is 14.8. The number of fused-ring (bicyclic) bond motifs is 6.